The minimum atomic E-state index is -0.383. The van der Waals surface area contributed by atoms with Crippen LogP contribution in [0.2, 0.25) is 0 Å². The van der Waals surface area contributed by atoms with E-state index in [2.05, 4.69) is 11.6 Å². The first-order chi connectivity index (χ1) is 9.58. The summed E-state index contributed by atoms with van der Waals surface area (Å²) in [4.78, 5) is 10.6. The summed E-state index contributed by atoms with van der Waals surface area (Å²) < 4.78 is 5.83. The summed E-state index contributed by atoms with van der Waals surface area (Å²) >= 11 is 1.86. The van der Waals surface area contributed by atoms with Crippen LogP contribution in [-0.4, -0.2) is 29.1 Å². The molecule has 1 aliphatic rings. The summed E-state index contributed by atoms with van der Waals surface area (Å²) in [7, 11) is 0. The molecule has 1 N–H and O–H groups in total. The van der Waals surface area contributed by atoms with Crippen LogP contribution >= 0.6 is 11.8 Å². The van der Waals surface area contributed by atoms with Crippen LogP contribution in [0.3, 0.4) is 0 Å². The van der Waals surface area contributed by atoms with Gasteiger partial charge < -0.3 is 10.1 Å². The van der Waals surface area contributed by atoms with Gasteiger partial charge in [0, 0.05) is 29.1 Å². The van der Waals surface area contributed by atoms with E-state index in [1.165, 1.54) is 18.9 Å². The first kappa shape index (κ1) is 15.0. The molecule has 0 saturated heterocycles. The van der Waals surface area contributed by atoms with Gasteiger partial charge in [-0.2, -0.15) is 11.8 Å². The van der Waals surface area contributed by atoms with Crippen LogP contribution in [0.15, 0.2) is 18.2 Å². The highest BCUT2D eigenvalue weighted by Crippen LogP contribution is 2.47. The second-order valence-corrected chi connectivity index (χ2v) is 6.34. The predicted octanol–water partition coefficient (Wildman–Crippen LogP) is 3.69. The fraction of sp³-hybridized carbons (Fsp3) is 0.571. The van der Waals surface area contributed by atoms with E-state index in [0.717, 1.165) is 18.7 Å². The average molecular weight is 296 g/mol. The summed E-state index contributed by atoms with van der Waals surface area (Å²) in [5, 5.41) is 14.3. The quantitative estimate of drug-likeness (QED) is 0.585. The number of benzene rings is 1. The summed E-state index contributed by atoms with van der Waals surface area (Å²) in [6, 6.07) is 4.87. The van der Waals surface area contributed by atoms with Crippen molar-refractivity contribution in [3.05, 3.63) is 28.3 Å². The van der Waals surface area contributed by atoms with Crippen molar-refractivity contribution in [1.29, 1.82) is 0 Å². The number of nitro benzene ring substituents is 1. The number of hydrogen-bond acceptors (Lipinski definition) is 5. The largest absolute Gasteiger partial charge is 0.493 e. The SMILES string of the molecule is CCCOc1cc(NCC2(SC)CC2)cc([N+](=O)[O-])c1. The van der Waals surface area contributed by atoms with E-state index >= 15 is 0 Å². The molecule has 1 aliphatic carbocycles. The molecule has 1 aromatic rings. The molecule has 0 radical (unpaired) electrons. The van der Waals surface area contributed by atoms with Gasteiger partial charge in [-0.3, -0.25) is 10.1 Å². The molecule has 6 heteroatoms. The lowest BCUT2D eigenvalue weighted by Gasteiger charge is -2.15. The Morgan fingerprint density at radius 1 is 1.45 bits per heavy atom. The van der Waals surface area contributed by atoms with Crippen LogP contribution in [0.1, 0.15) is 26.2 Å². The summed E-state index contributed by atoms with van der Waals surface area (Å²) in [6.07, 6.45) is 5.39. The van der Waals surface area contributed by atoms with E-state index in [1.807, 2.05) is 24.8 Å². The number of nitro groups is 1. The van der Waals surface area contributed by atoms with Crippen molar-refractivity contribution >= 4 is 23.1 Å². The Morgan fingerprint density at radius 3 is 2.75 bits per heavy atom. The maximum atomic E-state index is 11.0. The summed E-state index contributed by atoms with van der Waals surface area (Å²) in [5.74, 6) is 0.553. The maximum Gasteiger partial charge on any atom is 0.275 e. The van der Waals surface area contributed by atoms with Crippen LogP contribution in [-0.2, 0) is 0 Å². The molecule has 0 heterocycles. The van der Waals surface area contributed by atoms with Gasteiger partial charge in [0.25, 0.3) is 5.69 Å². The van der Waals surface area contributed by atoms with Crippen molar-refractivity contribution in [1.82, 2.24) is 0 Å². The Bertz CT molecular complexity index is 489. The fourth-order valence-corrected chi connectivity index (χ4v) is 2.68. The third kappa shape index (κ3) is 3.79. The molecule has 5 nitrogen and oxygen atoms in total. The molecule has 0 aromatic heterocycles. The predicted molar refractivity (Wildman–Crippen MR) is 82.9 cm³/mol. The molecule has 0 spiro atoms. The molecular weight excluding hydrogens is 276 g/mol. The highest BCUT2D eigenvalue weighted by molar-refractivity contribution is 8.00. The van der Waals surface area contributed by atoms with E-state index in [1.54, 1.807) is 6.07 Å². The van der Waals surface area contributed by atoms with E-state index in [4.69, 9.17) is 4.74 Å². The van der Waals surface area contributed by atoms with E-state index in [0.29, 0.717) is 17.1 Å². The zero-order valence-corrected chi connectivity index (χ0v) is 12.7. The number of non-ortho nitro benzene ring substituents is 1. The second-order valence-electron chi connectivity index (χ2n) is 5.06. The van der Waals surface area contributed by atoms with Crippen molar-refractivity contribution in [3.63, 3.8) is 0 Å². The summed E-state index contributed by atoms with van der Waals surface area (Å²) in [6.45, 7) is 3.41. The highest BCUT2D eigenvalue weighted by Gasteiger charge is 2.41. The van der Waals surface area contributed by atoms with Gasteiger partial charge in [-0.25, -0.2) is 0 Å². The normalized spacial score (nSPS) is 15.7. The van der Waals surface area contributed by atoms with E-state index in [-0.39, 0.29) is 10.6 Å². The Hall–Kier alpha value is -1.43. The fourth-order valence-electron chi connectivity index (χ4n) is 1.95. The van der Waals surface area contributed by atoms with E-state index in [9.17, 15) is 10.1 Å². The first-order valence-corrected chi connectivity index (χ1v) is 8.02. The van der Waals surface area contributed by atoms with Crippen molar-refractivity contribution in [3.8, 4) is 5.75 Å². The average Bonchev–Trinajstić information content (AvgIpc) is 3.23. The Kier molecular flexibility index (Phi) is 4.75. The molecular formula is C14H20N2O3S. The number of nitrogens with zero attached hydrogens (tertiary/aromatic N) is 1. The number of rotatable bonds is 8. The van der Waals surface area contributed by atoms with Gasteiger partial charge in [-0.15, -0.1) is 0 Å². The topological polar surface area (TPSA) is 64.4 Å². The number of ether oxygens (including phenoxy) is 1. The molecule has 1 fully saturated rings. The van der Waals surface area contributed by atoms with Gasteiger partial charge in [0.05, 0.1) is 17.6 Å². The third-order valence-corrected chi connectivity index (χ3v) is 4.85. The molecule has 0 amide bonds. The van der Waals surface area contributed by atoms with Gasteiger partial charge >= 0.3 is 0 Å². The molecule has 0 unspecified atom stereocenters. The molecule has 1 aromatic carbocycles. The molecule has 20 heavy (non-hydrogen) atoms. The Morgan fingerprint density at radius 2 is 2.20 bits per heavy atom. The molecule has 0 bridgehead atoms. The van der Waals surface area contributed by atoms with Gasteiger partial charge in [-0.05, 0) is 25.5 Å². The number of anilines is 1. The smallest absolute Gasteiger partial charge is 0.275 e. The van der Waals surface area contributed by atoms with Crippen LogP contribution in [0.4, 0.5) is 11.4 Å². The molecule has 2 rings (SSSR count). The lowest BCUT2D eigenvalue weighted by atomic mass is 10.2. The molecule has 110 valence electrons. The standard InChI is InChI=1S/C14H20N2O3S/c1-3-6-19-13-8-11(7-12(9-13)16(17)18)15-10-14(20-2)4-5-14/h7-9,15H,3-6,10H2,1-2H3. The van der Waals surface area contributed by atoms with Crippen LogP contribution in [0, 0.1) is 10.1 Å². The van der Waals surface area contributed by atoms with Crippen molar-refractivity contribution in [2.45, 2.75) is 30.9 Å². The minimum absolute atomic E-state index is 0.0649. The third-order valence-electron chi connectivity index (χ3n) is 3.43. The lowest BCUT2D eigenvalue weighted by molar-refractivity contribution is -0.384. The highest BCUT2D eigenvalue weighted by atomic mass is 32.2. The zero-order valence-electron chi connectivity index (χ0n) is 11.8. The van der Waals surface area contributed by atoms with Gasteiger partial charge in [0.2, 0.25) is 0 Å². The van der Waals surface area contributed by atoms with Crippen molar-refractivity contribution < 1.29 is 9.66 Å². The molecule has 1 saturated carbocycles. The van der Waals surface area contributed by atoms with Crippen LogP contribution < -0.4 is 10.1 Å². The van der Waals surface area contributed by atoms with Gasteiger partial charge in [0.1, 0.15) is 5.75 Å². The monoisotopic (exact) mass is 296 g/mol. The van der Waals surface area contributed by atoms with Gasteiger partial charge in [0.15, 0.2) is 0 Å². The maximum absolute atomic E-state index is 11.0. The zero-order chi connectivity index (χ0) is 14.6. The van der Waals surface area contributed by atoms with E-state index < -0.39 is 0 Å². The van der Waals surface area contributed by atoms with Crippen LogP contribution in [0.25, 0.3) is 0 Å². The molecule has 0 atom stereocenters. The Labute approximate surface area is 123 Å². The minimum Gasteiger partial charge on any atom is -0.493 e. The number of hydrogen-bond donors (Lipinski definition) is 1. The number of nitrogens with one attached hydrogen (secondary N) is 1. The first-order valence-electron chi connectivity index (χ1n) is 6.80. The second kappa shape index (κ2) is 6.35. The van der Waals surface area contributed by atoms with Crippen molar-refractivity contribution in [2.75, 3.05) is 24.7 Å². The summed E-state index contributed by atoms with van der Waals surface area (Å²) in [5.41, 5.74) is 0.820. The van der Waals surface area contributed by atoms with Gasteiger partial charge in [-0.1, -0.05) is 6.92 Å². The van der Waals surface area contributed by atoms with Crippen molar-refractivity contribution in [2.24, 2.45) is 0 Å². The number of thioether (sulfide) groups is 1. The Balaban J connectivity index is 2.09. The van der Waals surface area contributed by atoms with Crippen LogP contribution in [0.5, 0.6) is 5.75 Å². The lowest BCUT2D eigenvalue weighted by Crippen LogP contribution is -2.17. The molecule has 0 aliphatic heterocycles.